The summed E-state index contributed by atoms with van der Waals surface area (Å²) >= 11 is 0. The van der Waals surface area contributed by atoms with Gasteiger partial charge in [-0.1, -0.05) is 0 Å². The molecule has 0 aromatic heterocycles. The fourth-order valence-electron chi connectivity index (χ4n) is 13.2. The largest absolute Gasteiger partial charge is 0.504 e. The van der Waals surface area contributed by atoms with E-state index in [1.807, 2.05) is 0 Å². The Hall–Kier alpha value is -17.3. The van der Waals surface area contributed by atoms with Gasteiger partial charge in [0.1, 0.15) is 36.5 Å². The molecule has 48 nitrogen and oxygen atoms in total. The molecule has 0 radical (unpaired) electrons. The third kappa shape index (κ3) is 14.0. The van der Waals surface area contributed by atoms with Crippen LogP contribution >= 0.6 is 0 Å². The van der Waals surface area contributed by atoms with Crippen molar-refractivity contribution in [2.24, 2.45) is 0 Å². The van der Waals surface area contributed by atoms with Gasteiger partial charge in [-0.2, -0.15) is 0 Å². The Kier molecular flexibility index (Phi) is 20.3. The molecule has 0 aliphatic carbocycles. The Labute approximate surface area is 675 Å². The zero-order valence-electron chi connectivity index (χ0n) is 60.2. The van der Waals surface area contributed by atoms with E-state index >= 15 is 24.0 Å². The van der Waals surface area contributed by atoms with Gasteiger partial charge in [-0.15, -0.1) is 0 Å². The highest BCUT2D eigenvalue weighted by atomic mass is 16.8. The van der Waals surface area contributed by atoms with Crippen LogP contribution in [0, 0.1) is 0 Å². The second-order valence-electron chi connectivity index (χ2n) is 26.7. The van der Waals surface area contributed by atoms with Crippen LogP contribution in [0.15, 0.2) is 72.8 Å². The fraction of sp³-hybridized carbons (Fsp3) is 0.160. The number of benzene rings is 9. The van der Waals surface area contributed by atoms with Crippen molar-refractivity contribution in [2.75, 3.05) is 13.2 Å². The molecule has 9 bridgehead atoms. The van der Waals surface area contributed by atoms with Crippen LogP contribution in [0.4, 0.5) is 0 Å². The van der Waals surface area contributed by atoms with E-state index < -0.39 is 367 Å². The van der Waals surface area contributed by atoms with Crippen LogP contribution in [0.1, 0.15) is 93.2 Å². The van der Waals surface area contributed by atoms with Crippen molar-refractivity contribution in [1.82, 2.24) is 0 Å². The van der Waals surface area contributed by atoms with Crippen LogP contribution in [-0.2, 0) is 52.1 Å². The number of fused-ring (bicyclic) bond motifs is 7. The number of esters is 9. The van der Waals surface area contributed by atoms with Crippen LogP contribution in [0.3, 0.4) is 0 Å². The van der Waals surface area contributed by atoms with Gasteiger partial charge in [0.2, 0.25) is 58.4 Å². The van der Waals surface area contributed by atoms with Crippen LogP contribution in [0.25, 0.3) is 22.3 Å². The maximum Gasteiger partial charge on any atom is 0.342 e. The Morgan fingerprint density at radius 2 is 0.545 bits per heavy atom. The summed E-state index contributed by atoms with van der Waals surface area (Å²) in [6.45, 7) is -3.19. The first-order valence-electron chi connectivity index (χ1n) is 34.2. The van der Waals surface area contributed by atoms with Crippen molar-refractivity contribution in [3.05, 3.63) is 123 Å². The van der Waals surface area contributed by atoms with Gasteiger partial charge in [0, 0.05) is 46.5 Å². The number of carbonyl (C=O) groups is 9. The smallest absolute Gasteiger partial charge is 0.342 e. The lowest BCUT2D eigenvalue weighted by Gasteiger charge is -2.43. The van der Waals surface area contributed by atoms with E-state index in [2.05, 4.69) is 0 Å². The Bertz CT molecular complexity index is 6070. The van der Waals surface area contributed by atoms with Crippen molar-refractivity contribution in [3.8, 4) is 189 Å². The standard InChI is InChI=1S/C75H52O48/c76-24-1-15(2-25(77)42(24)86)65(101)119-61-59-36-13-111-68(104)18-7-30(82)45(89)51(95)38(18)41-21(71(107)117-59)12-35(50(94)54(41)98)114-58-23(10-33(85)48(92)56(58)100)73(109)122-64-62(120-66(102)16-3-26(78)43(87)27(79)4-16)60-37(116-75(64)123-67(103)17-5-28(80)44(88)29(81)6-17)14-112-69(105)20-11-34(49(93)53(97)40(20)39-19(70(106)118-60)8-31(83)46(90)52(39)96)113-57-22(9-32(84)47(91)55(57)99)72(108)121-63(61)74(110)115-36/h1-12,36-37,59-64,74-100,110H,13-14H2/t36-,37-,59-,60-,61+,62+,63-,64-,74?,75+/m1/s1. The maximum atomic E-state index is 15.7. The lowest BCUT2D eigenvalue weighted by molar-refractivity contribution is -0.284. The van der Waals surface area contributed by atoms with E-state index in [0.29, 0.717) is 36.4 Å². The highest BCUT2D eigenvalue weighted by Crippen LogP contribution is 2.59. The maximum absolute atomic E-state index is 15.7. The molecule has 1 unspecified atom stereocenters. The quantitative estimate of drug-likeness (QED) is 0.0646. The molecule has 6 aliphatic rings. The summed E-state index contributed by atoms with van der Waals surface area (Å²) in [6, 6.07) is 3.25. The normalized spacial score (nSPS) is 20.5. The molecule has 640 valence electrons. The molecule has 9 aromatic carbocycles. The summed E-state index contributed by atoms with van der Waals surface area (Å²) in [5.74, 6) is -64.8. The van der Waals surface area contributed by atoms with Gasteiger partial charge in [-0.05, 0) is 48.5 Å². The first-order valence-corrected chi connectivity index (χ1v) is 34.2. The number of phenols is 25. The van der Waals surface area contributed by atoms with E-state index in [9.17, 15) is 152 Å². The fourth-order valence-corrected chi connectivity index (χ4v) is 13.2. The topological polar surface area (TPSA) is 800 Å². The molecule has 0 amide bonds. The van der Waals surface area contributed by atoms with Crippen LogP contribution in [0.2, 0.25) is 0 Å². The molecule has 2 saturated heterocycles. The van der Waals surface area contributed by atoms with E-state index in [1.54, 1.807) is 0 Å². The minimum atomic E-state index is -3.14. The van der Waals surface area contributed by atoms with E-state index in [-0.39, 0.29) is 36.4 Å². The second-order valence-corrected chi connectivity index (χ2v) is 26.7. The Morgan fingerprint density at radius 3 is 0.919 bits per heavy atom. The molecule has 0 spiro atoms. The monoisotopic (exact) mass is 1720 g/mol. The number of hydrogen-bond donors (Lipinski definition) is 26. The molecule has 2 fully saturated rings. The molecule has 48 heteroatoms. The van der Waals surface area contributed by atoms with E-state index in [1.165, 1.54) is 0 Å². The van der Waals surface area contributed by atoms with Crippen molar-refractivity contribution in [3.63, 3.8) is 0 Å². The van der Waals surface area contributed by atoms with Gasteiger partial charge in [0.15, 0.2) is 158 Å². The van der Waals surface area contributed by atoms with E-state index in [0.717, 1.165) is 0 Å². The average Bonchev–Trinajstić information content (AvgIpc) is 1.72. The summed E-state index contributed by atoms with van der Waals surface area (Å²) in [7, 11) is 0. The first kappa shape index (κ1) is 82.2. The summed E-state index contributed by atoms with van der Waals surface area (Å²) in [4.78, 5) is 136. The molecule has 10 atom stereocenters. The van der Waals surface area contributed by atoms with E-state index in [4.69, 9.17) is 61.6 Å². The van der Waals surface area contributed by atoms with Crippen molar-refractivity contribution in [1.29, 1.82) is 0 Å². The van der Waals surface area contributed by atoms with Crippen LogP contribution in [0.5, 0.6) is 167 Å². The lowest BCUT2D eigenvalue weighted by Crippen LogP contribution is -2.63. The lowest BCUT2D eigenvalue weighted by atomic mass is 9.91. The molecule has 15 rings (SSSR count). The van der Waals surface area contributed by atoms with Gasteiger partial charge in [0.05, 0.1) is 38.9 Å². The van der Waals surface area contributed by atoms with Crippen molar-refractivity contribution in [2.45, 2.75) is 61.4 Å². The Balaban J connectivity index is 1.05. The minimum Gasteiger partial charge on any atom is -0.504 e. The zero-order valence-corrected chi connectivity index (χ0v) is 60.2. The summed E-state index contributed by atoms with van der Waals surface area (Å²) in [5, 5.41) is 291. The number of rotatable bonds is 6. The average molecular weight is 1720 g/mol. The van der Waals surface area contributed by atoms with Crippen molar-refractivity contribution >= 4 is 53.7 Å². The highest BCUT2D eigenvalue weighted by molar-refractivity contribution is 6.11. The third-order valence-corrected chi connectivity index (χ3v) is 19.2. The van der Waals surface area contributed by atoms with Crippen molar-refractivity contribution < 1.29 is 237 Å². The first-order chi connectivity index (χ1) is 58.0. The number of aliphatic hydroxyl groups is 1. The van der Waals surface area contributed by atoms with Gasteiger partial charge in [0.25, 0.3) is 0 Å². The molecule has 9 aromatic rings. The molecule has 6 aliphatic heterocycles. The SMILES string of the molecule is O=C(O[C@@H]1O[C@@H]2COC(=O)c3cc4c(O)c(O)c3-c3c(cc(O)c(O)c3O)C(=O)O[C@H]2[C@H](OC(=O)c2cc(O)c(O)c(O)c2)[C@H]1OC(=O)c1cc(O)c(O)c(O)c1Oc1cc2c(c(O)c1O)-c1c(cc(O)c(O)c1O)C(=O)OC[C@H]1OC(O)[C@H](OC(=O)c3cc(O)c(O)c(O)c3O4)[C@@H](OC(=O)c3cc(O)c(O)c(O)c3)[C@@H]1OC2=O)c1cc(O)c(O)c(O)c1. The number of carbonyl (C=O) groups excluding carboxylic acids is 9. The van der Waals surface area contributed by atoms with Gasteiger partial charge < -0.3 is 194 Å². The summed E-state index contributed by atoms with van der Waals surface area (Å²) < 4.78 is 74.4. The van der Waals surface area contributed by atoms with Crippen LogP contribution < -0.4 is 9.47 Å². The molecular weight excluding hydrogens is 1670 g/mol. The minimum absolute atomic E-state index is 0.0750. The number of aliphatic hydroxyl groups excluding tert-OH is 1. The van der Waals surface area contributed by atoms with Crippen LogP contribution in [-0.4, -0.2) is 261 Å². The molecule has 0 saturated carbocycles. The number of ether oxygens (including phenoxy) is 13. The molecule has 26 N–H and O–H groups in total. The van der Waals surface area contributed by atoms with Gasteiger partial charge >= 0.3 is 53.7 Å². The third-order valence-electron chi connectivity index (χ3n) is 19.2. The molecule has 123 heavy (non-hydrogen) atoms. The number of hydrogen-bond acceptors (Lipinski definition) is 48. The second kappa shape index (κ2) is 30.3. The summed E-state index contributed by atoms with van der Waals surface area (Å²) in [5.41, 5.74) is -17.9. The molecular formula is C75H52O48. The highest BCUT2D eigenvalue weighted by Gasteiger charge is 2.58. The number of cyclic esters (lactones) is 1. The predicted molar refractivity (Wildman–Crippen MR) is 378 cm³/mol. The zero-order chi connectivity index (χ0) is 89.3. The Morgan fingerprint density at radius 1 is 0.276 bits per heavy atom. The summed E-state index contributed by atoms with van der Waals surface area (Å²) in [6.07, 6.45) is -28.9. The molecule has 6 heterocycles. The number of aromatic hydroxyl groups is 25. The van der Waals surface area contributed by atoms with Gasteiger partial charge in [-0.25, -0.2) is 43.2 Å². The number of phenolic OH excluding ortho intramolecular Hbond substituents is 25. The predicted octanol–water partition coefficient (Wildman–Crippen LogP) is 3.15. The van der Waals surface area contributed by atoms with Gasteiger partial charge in [-0.3, -0.25) is 0 Å².